The van der Waals surface area contributed by atoms with Crippen molar-refractivity contribution in [3.63, 3.8) is 0 Å². The quantitative estimate of drug-likeness (QED) is 0.0733. The summed E-state index contributed by atoms with van der Waals surface area (Å²) in [5, 5.41) is 30.2. The van der Waals surface area contributed by atoms with Gasteiger partial charge in [0, 0.05) is 49.6 Å². The van der Waals surface area contributed by atoms with Gasteiger partial charge in [-0.3, -0.25) is 30.4 Å². The normalized spacial score (nSPS) is 13.0. The Labute approximate surface area is 301 Å². The van der Waals surface area contributed by atoms with Crippen LogP contribution in [0.5, 0.6) is 11.5 Å². The van der Waals surface area contributed by atoms with Crippen molar-refractivity contribution >= 4 is 64.1 Å². The number of non-ortho nitro benzene ring substituents is 2. The van der Waals surface area contributed by atoms with Gasteiger partial charge in [-0.05, 0) is 35.9 Å². The molecule has 53 heavy (non-hydrogen) atoms. The van der Waals surface area contributed by atoms with E-state index in [-0.39, 0.29) is 63.6 Å². The Morgan fingerprint density at radius 2 is 1.26 bits per heavy atom. The molecule has 0 bridgehead atoms. The number of hydrogen-bond donors (Lipinski definition) is 3. The summed E-state index contributed by atoms with van der Waals surface area (Å²) in [5.74, 6) is -0.261. The molecule has 2 heterocycles. The Bertz CT molecular complexity index is 2180. The highest BCUT2D eigenvalue weighted by Gasteiger charge is 2.32. The number of amidine groups is 1. The van der Waals surface area contributed by atoms with Crippen LogP contribution in [0.15, 0.2) is 102 Å². The van der Waals surface area contributed by atoms with Crippen LogP contribution in [0.4, 0.5) is 46.3 Å². The summed E-state index contributed by atoms with van der Waals surface area (Å²) < 4.78 is 10.8. The van der Waals surface area contributed by atoms with Crippen LogP contribution < -0.4 is 30.4 Å². The number of nitro benzene ring substituents is 2. The third kappa shape index (κ3) is 7.91. The number of hydrogen-bond acceptors (Lipinski definition) is 15. The number of aromatic nitrogens is 3. The topological polar surface area (TPSA) is 215 Å². The van der Waals surface area contributed by atoms with Crippen molar-refractivity contribution in [2.75, 3.05) is 49.3 Å². The van der Waals surface area contributed by atoms with Gasteiger partial charge in [-0.1, -0.05) is 42.5 Å². The van der Waals surface area contributed by atoms with E-state index in [0.717, 1.165) is 11.3 Å². The molecule has 0 aliphatic carbocycles. The number of carbonyl (C=O) groups excluding carboxylic acids is 1. The number of methoxy groups -OCH3 is 2. The van der Waals surface area contributed by atoms with Crippen molar-refractivity contribution in [1.82, 2.24) is 20.0 Å². The van der Waals surface area contributed by atoms with E-state index in [1.807, 2.05) is 49.3 Å². The van der Waals surface area contributed by atoms with E-state index in [9.17, 15) is 25.0 Å². The first kappa shape index (κ1) is 35.2. The molecule has 1 aliphatic rings. The van der Waals surface area contributed by atoms with Crippen molar-refractivity contribution in [3.05, 3.63) is 128 Å². The molecule has 1 aliphatic heterocycles. The lowest BCUT2D eigenvalue weighted by Gasteiger charge is -2.20. The van der Waals surface area contributed by atoms with Gasteiger partial charge >= 0.3 is 0 Å². The fourth-order valence-electron chi connectivity index (χ4n) is 5.12. The zero-order chi connectivity index (χ0) is 37.6. The van der Waals surface area contributed by atoms with E-state index in [1.54, 1.807) is 30.3 Å². The van der Waals surface area contributed by atoms with Gasteiger partial charge < -0.3 is 25.0 Å². The maximum atomic E-state index is 14.0. The van der Waals surface area contributed by atoms with Crippen molar-refractivity contribution in [1.29, 1.82) is 0 Å². The first-order valence-electron chi connectivity index (χ1n) is 15.7. The van der Waals surface area contributed by atoms with Crippen molar-refractivity contribution in [2.24, 2.45) is 4.99 Å². The Balaban J connectivity index is 1.42. The number of nitro groups is 2. The number of nitrogens with one attached hydrogen (secondary N) is 3. The highest BCUT2D eigenvalue weighted by atomic mass is 16.6. The lowest BCUT2D eigenvalue weighted by molar-refractivity contribution is -0.385. The summed E-state index contributed by atoms with van der Waals surface area (Å²) >= 11 is 0. The first-order chi connectivity index (χ1) is 25.5. The summed E-state index contributed by atoms with van der Waals surface area (Å²) in [7, 11) is 6.63. The maximum Gasteiger partial charge on any atom is 0.297 e. The largest absolute Gasteiger partial charge is 0.495 e. The average Bonchev–Trinajstić information content (AvgIpc) is 3.45. The summed E-state index contributed by atoms with van der Waals surface area (Å²) in [4.78, 5) is 55.9. The zero-order valence-electron chi connectivity index (χ0n) is 28.7. The number of hydrazine groups is 1. The Morgan fingerprint density at radius 1 is 0.736 bits per heavy atom. The number of anilines is 6. The SMILES string of the molecule is COc1ccc([N+](=O)[O-])cc1Nc1nc(Nc2cc([N+](=O)[O-])ccc2OC)nc(NN2C(=O)C(=Cc3ccc(N(C)C)cc3)N=C2c2ccccc2)n1. The third-order valence-electron chi connectivity index (χ3n) is 7.73. The van der Waals surface area contributed by atoms with Crippen molar-refractivity contribution < 1.29 is 24.1 Å². The molecule has 0 radical (unpaired) electrons. The minimum absolute atomic E-state index is 0.127. The number of carbonyl (C=O) groups is 1. The van der Waals surface area contributed by atoms with Crippen LogP contribution in [-0.2, 0) is 4.79 Å². The van der Waals surface area contributed by atoms with Gasteiger partial charge in [-0.25, -0.2) is 4.99 Å². The van der Waals surface area contributed by atoms with Crippen LogP contribution in [0.2, 0.25) is 0 Å². The molecule has 0 atom stereocenters. The number of amides is 1. The molecule has 1 aromatic heterocycles. The second-order valence-electron chi connectivity index (χ2n) is 11.4. The van der Waals surface area contributed by atoms with Gasteiger partial charge in [0.25, 0.3) is 17.3 Å². The summed E-state index contributed by atoms with van der Waals surface area (Å²) in [6, 6.07) is 24.4. The summed E-state index contributed by atoms with van der Waals surface area (Å²) in [6.45, 7) is 0. The predicted octanol–water partition coefficient (Wildman–Crippen LogP) is 5.92. The Morgan fingerprint density at radius 3 is 1.75 bits per heavy atom. The van der Waals surface area contributed by atoms with Gasteiger partial charge in [0.1, 0.15) is 17.2 Å². The maximum absolute atomic E-state index is 14.0. The van der Waals surface area contributed by atoms with E-state index >= 15 is 0 Å². The lowest BCUT2D eigenvalue weighted by atomic mass is 10.1. The van der Waals surface area contributed by atoms with Gasteiger partial charge in [0.2, 0.25) is 17.8 Å². The first-order valence-corrected chi connectivity index (χ1v) is 15.7. The molecule has 0 spiro atoms. The van der Waals surface area contributed by atoms with E-state index < -0.39 is 15.8 Å². The standard InChI is InChI=1S/C35H31N11O7/c1-43(2)23-12-10-21(11-13-23)18-28-32(47)44(31(36-28)22-8-6-5-7-9-22)42-35-40-33(37-26-19-24(45(48)49)14-16-29(26)52-3)39-34(41-35)38-27-20-25(46(50)51)15-17-30(27)53-4/h5-20H,1-4H3,(H3,37,38,39,40,41,42). The molecular weight excluding hydrogens is 686 g/mol. The summed E-state index contributed by atoms with van der Waals surface area (Å²) in [6.07, 6.45) is 1.66. The van der Waals surface area contributed by atoms with Crippen LogP contribution in [0.25, 0.3) is 6.08 Å². The predicted molar refractivity (Wildman–Crippen MR) is 198 cm³/mol. The minimum Gasteiger partial charge on any atom is -0.495 e. The summed E-state index contributed by atoms with van der Waals surface area (Å²) in [5.41, 5.74) is 5.21. The monoisotopic (exact) mass is 717 g/mol. The van der Waals surface area contributed by atoms with E-state index in [2.05, 4.69) is 36.0 Å². The van der Waals surface area contributed by atoms with E-state index in [0.29, 0.717) is 5.56 Å². The number of aliphatic imine (C=N–C) groups is 1. The molecule has 6 rings (SSSR count). The van der Waals surface area contributed by atoms with Gasteiger partial charge in [0.05, 0.1) is 35.4 Å². The van der Waals surface area contributed by atoms with Gasteiger partial charge in [-0.15, -0.1) is 0 Å². The number of ether oxygens (including phenoxy) is 2. The van der Waals surface area contributed by atoms with Crippen molar-refractivity contribution in [3.8, 4) is 11.5 Å². The van der Waals surface area contributed by atoms with E-state index in [4.69, 9.17) is 9.47 Å². The molecule has 0 unspecified atom stereocenters. The second kappa shape index (κ2) is 15.1. The zero-order valence-corrected chi connectivity index (χ0v) is 28.7. The van der Waals surface area contributed by atoms with Crippen LogP contribution in [-0.4, -0.2) is 69.9 Å². The van der Waals surface area contributed by atoms with Gasteiger partial charge in [0.15, 0.2) is 5.84 Å². The number of benzene rings is 4. The molecule has 268 valence electrons. The highest BCUT2D eigenvalue weighted by Crippen LogP contribution is 2.34. The van der Waals surface area contributed by atoms with E-state index in [1.165, 1.54) is 55.6 Å². The van der Waals surface area contributed by atoms with Crippen LogP contribution in [0.3, 0.4) is 0 Å². The molecule has 3 N–H and O–H groups in total. The average molecular weight is 718 g/mol. The third-order valence-corrected chi connectivity index (χ3v) is 7.73. The second-order valence-corrected chi connectivity index (χ2v) is 11.4. The fourth-order valence-corrected chi connectivity index (χ4v) is 5.12. The Kier molecular flexibility index (Phi) is 10.0. The molecule has 18 heteroatoms. The molecule has 1 amide bonds. The highest BCUT2D eigenvalue weighted by molar-refractivity contribution is 6.20. The molecule has 0 fully saturated rings. The minimum atomic E-state index is -0.572. The smallest absolute Gasteiger partial charge is 0.297 e. The molecular formula is C35H31N11O7. The van der Waals surface area contributed by atoms with Gasteiger partial charge in [-0.2, -0.15) is 20.0 Å². The molecule has 4 aromatic carbocycles. The van der Waals surface area contributed by atoms with Crippen LogP contribution >= 0.6 is 0 Å². The lowest BCUT2D eigenvalue weighted by Crippen LogP contribution is -2.38. The van der Waals surface area contributed by atoms with Crippen LogP contribution in [0.1, 0.15) is 11.1 Å². The number of rotatable bonds is 13. The fraction of sp³-hybridized carbons (Fsp3) is 0.114. The molecule has 5 aromatic rings. The van der Waals surface area contributed by atoms with Crippen molar-refractivity contribution in [2.45, 2.75) is 0 Å². The molecule has 0 saturated heterocycles. The molecule has 18 nitrogen and oxygen atoms in total. The van der Waals surface area contributed by atoms with Crippen LogP contribution in [0, 0.1) is 20.2 Å². The number of nitrogens with zero attached hydrogens (tertiary/aromatic N) is 8. The molecule has 0 saturated carbocycles. The Hall–Kier alpha value is -7.63.